The monoisotopic (exact) mass is 295 g/mol. The zero-order valence-electron chi connectivity index (χ0n) is 11.9. The number of amides is 1. The number of nitrogens with one attached hydrogen (secondary N) is 2. The van der Waals surface area contributed by atoms with Gasteiger partial charge in [0.2, 0.25) is 5.91 Å². The second-order valence-electron chi connectivity index (χ2n) is 5.49. The Hall–Kier alpha value is -0.820. The van der Waals surface area contributed by atoms with Crippen LogP contribution in [0.5, 0.6) is 0 Å². The zero-order chi connectivity index (χ0) is 15.0. The fraction of sp³-hybridized carbons (Fsp3) is 0.923. The number of nitrogens with zero attached hydrogens (tertiary/aromatic N) is 1. The molecule has 0 aromatic heterocycles. The number of halogens is 3. The van der Waals surface area contributed by atoms with Gasteiger partial charge in [-0.15, -0.1) is 0 Å². The minimum Gasteiger partial charge on any atom is -0.355 e. The highest BCUT2D eigenvalue weighted by molar-refractivity contribution is 5.77. The molecule has 0 bridgehead atoms. The Morgan fingerprint density at radius 3 is 2.50 bits per heavy atom. The van der Waals surface area contributed by atoms with E-state index in [1.165, 1.54) is 19.3 Å². The lowest BCUT2D eigenvalue weighted by Gasteiger charge is -2.29. The van der Waals surface area contributed by atoms with E-state index in [1.807, 2.05) is 6.92 Å². The van der Waals surface area contributed by atoms with E-state index >= 15 is 0 Å². The van der Waals surface area contributed by atoms with Crippen molar-refractivity contribution in [3.05, 3.63) is 0 Å². The first-order valence-corrected chi connectivity index (χ1v) is 7.13. The van der Waals surface area contributed by atoms with Crippen molar-refractivity contribution in [3.63, 3.8) is 0 Å². The summed E-state index contributed by atoms with van der Waals surface area (Å²) < 4.78 is 35.6. The van der Waals surface area contributed by atoms with Gasteiger partial charge in [0, 0.05) is 13.1 Å². The highest BCUT2D eigenvalue weighted by atomic mass is 19.4. The minimum absolute atomic E-state index is 0.296. The van der Waals surface area contributed by atoms with E-state index < -0.39 is 12.7 Å². The van der Waals surface area contributed by atoms with E-state index in [1.54, 1.807) is 0 Å². The molecule has 4 nitrogen and oxygen atoms in total. The number of likely N-dealkylation sites (tertiary alicyclic amines) is 1. The van der Waals surface area contributed by atoms with Gasteiger partial charge in [-0.25, -0.2) is 0 Å². The van der Waals surface area contributed by atoms with Gasteiger partial charge in [0.05, 0.1) is 13.1 Å². The number of carbonyl (C=O) groups is 1. The molecule has 0 aromatic rings. The van der Waals surface area contributed by atoms with Gasteiger partial charge in [-0.1, -0.05) is 13.3 Å². The summed E-state index contributed by atoms with van der Waals surface area (Å²) in [7, 11) is 0. The molecule has 0 radical (unpaired) electrons. The maximum atomic E-state index is 11.9. The Morgan fingerprint density at radius 1 is 1.25 bits per heavy atom. The van der Waals surface area contributed by atoms with Crippen molar-refractivity contribution in [2.45, 2.75) is 32.4 Å². The van der Waals surface area contributed by atoms with Gasteiger partial charge in [-0.05, 0) is 31.8 Å². The molecule has 20 heavy (non-hydrogen) atoms. The molecule has 1 rings (SSSR count). The van der Waals surface area contributed by atoms with Crippen LogP contribution in [0.15, 0.2) is 0 Å². The van der Waals surface area contributed by atoms with Crippen molar-refractivity contribution < 1.29 is 18.0 Å². The van der Waals surface area contributed by atoms with Crippen LogP contribution < -0.4 is 10.6 Å². The quantitative estimate of drug-likeness (QED) is 0.746. The predicted octanol–water partition coefficient (Wildman–Crippen LogP) is 1.38. The summed E-state index contributed by atoms with van der Waals surface area (Å²) in [6.45, 7) is 4.24. The van der Waals surface area contributed by atoms with Crippen LogP contribution in [0.1, 0.15) is 26.2 Å². The van der Waals surface area contributed by atoms with Crippen LogP contribution in [0.3, 0.4) is 0 Å². The van der Waals surface area contributed by atoms with Gasteiger partial charge in [0.25, 0.3) is 0 Å². The molecular weight excluding hydrogens is 271 g/mol. The average Bonchev–Trinajstić information content (AvgIpc) is 2.36. The molecule has 0 aliphatic carbocycles. The maximum absolute atomic E-state index is 11.9. The number of rotatable bonds is 7. The van der Waals surface area contributed by atoms with E-state index in [0.717, 1.165) is 19.6 Å². The Bertz CT molecular complexity index is 291. The second-order valence-corrected chi connectivity index (χ2v) is 5.49. The molecular formula is C13H24F3N3O. The molecule has 1 aliphatic rings. The summed E-state index contributed by atoms with van der Waals surface area (Å²) in [5.74, 6) is -0.0839. The third-order valence-electron chi connectivity index (χ3n) is 3.28. The molecule has 1 heterocycles. The third-order valence-corrected chi connectivity index (χ3v) is 3.28. The Kier molecular flexibility index (Phi) is 7.29. The van der Waals surface area contributed by atoms with Gasteiger partial charge in [-0.3, -0.25) is 4.79 Å². The molecule has 1 saturated heterocycles. The van der Waals surface area contributed by atoms with E-state index in [0.29, 0.717) is 12.5 Å². The van der Waals surface area contributed by atoms with Crippen molar-refractivity contribution >= 4 is 5.91 Å². The Balaban J connectivity index is 2.07. The van der Waals surface area contributed by atoms with Crippen molar-refractivity contribution in [1.82, 2.24) is 15.5 Å². The minimum atomic E-state index is -4.28. The summed E-state index contributed by atoms with van der Waals surface area (Å²) in [6.07, 6.45) is -0.546. The standard InChI is InChI=1S/C13H24F3N3O/c1-11(9-19-5-3-2-4-6-19)7-18-12(20)8-17-10-13(14,15)16/h11,17H,2-10H2,1H3,(H,18,20). The highest BCUT2D eigenvalue weighted by Crippen LogP contribution is 2.12. The Labute approximate surface area is 118 Å². The molecule has 0 aromatic carbocycles. The molecule has 1 unspecified atom stereocenters. The lowest BCUT2D eigenvalue weighted by molar-refractivity contribution is -0.128. The van der Waals surface area contributed by atoms with Gasteiger partial charge in [0.1, 0.15) is 0 Å². The zero-order valence-corrected chi connectivity index (χ0v) is 11.9. The number of carbonyl (C=O) groups excluding carboxylic acids is 1. The van der Waals surface area contributed by atoms with Gasteiger partial charge >= 0.3 is 6.18 Å². The van der Waals surface area contributed by atoms with Gasteiger partial charge in [-0.2, -0.15) is 13.2 Å². The van der Waals surface area contributed by atoms with Crippen molar-refractivity contribution in [3.8, 4) is 0 Å². The van der Waals surface area contributed by atoms with Crippen LogP contribution in [0, 0.1) is 5.92 Å². The molecule has 1 fully saturated rings. The largest absolute Gasteiger partial charge is 0.401 e. The summed E-state index contributed by atoms with van der Waals surface area (Å²) in [4.78, 5) is 13.7. The van der Waals surface area contributed by atoms with Gasteiger partial charge in [0.15, 0.2) is 0 Å². The lowest BCUT2D eigenvalue weighted by Crippen LogP contribution is -2.41. The predicted molar refractivity (Wildman–Crippen MR) is 71.4 cm³/mol. The van der Waals surface area contributed by atoms with Crippen LogP contribution in [0.4, 0.5) is 13.2 Å². The molecule has 0 spiro atoms. The summed E-state index contributed by atoms with van der Waals surface area (Å²) in [6, 6.07) is 0. The fourth-order valence-electron chi connectivity index (χ4n) is 2.32. The normalized spacial score (nSPS) is 18.8. The Morgan fingerprint density at radius 2 is 1.90 bits per heavy atom. The first-order chi connectivity index (χ1) is 9.37. The molecule has 1 atom stereocenters. The molecule has 0 saturated carbocycles. The topological polar surface area (TPSA) is 44.4 Å². The molecule has 118 valence electrons. The van der Waals surface area contributed by atoms with E-state index in [-0.39, 0.29) is 12.5 Å². The molecule has 1 amide bonds. The second kappa shape index (κ2) is 8.46. The van der Waals surface area contributed by atoms with Gasteiger partial charge < -0.3 is 15.5 Å². The van der Waals surface area contributed by atoms with Crippen LogP contribution in [-0.2, 0) is 4.79 Å². The summed E-state index contributed by atoms with van der Waals surface area (Å²) in [5, 5.41) is 4.75. The van der Waals surface area contributed by atoms with Crippen LogP contribution in [-0.4, -0.2) is 56.3 Å². The third kappa shape index (κ3) is 8.37. The van der Waals surface area contributed by atoms with Crippen LogP contribution in [0.25, 0.3) is 0 Å². The van der Waals surface area contributed by atoms with Crippen LogP contribution >= 0.6 is 0 Å². The number of piperidine rings is 1. The van der Waals surface area contributed by atoms with E-state index in [2.05, 4.69) is 15.5 Å². The maximum Gasteiger partial charge on any atom is 0.401 e. The first-order valence-electron chi connectivity index (χ1n) is 7.13. The van der Waals surface area contributed by atoms with E-state index in [9.17, 15) is 18.0 Å². The fourth-order valence-corrected chi connectivity index (χ4v) is 2.32. The van der Waals surface area contributed by atoms with E-state index in [4.69, 9.17) is 0 Å². The number of hydrogen-bond acceptors (Lipinski definition) is 3. The highest BCUT2D eigenvalue weighted by Gasteiger charge is 2.26. The van der Waals surface area contributed by atoms with Crippen molar-refractivity contribution in [1.29, 1.82) is 0 Å². The molecule has 2 N–H and O–H groups in total. The lowest BCUT2D eigenvalue weighted by atomic mass is 10.1. The van der Waals surface area contributed by atoms with Crippen molar-refractivity contribution in [2.24, 2.45) is 5.92 Å². The SMILES string of the molecule is CC(CNC(=O)CNCC(F)(F)F)CN1CCCCC1. The molecule has 7 heteroatoms. The number of hydrogen-bond donors (Lipinski definition) is 2. The molecule has 1 aliphatic heterocycles. The summed E-state index contributed by atoms with van der Waals surface area (Å²) >= 11 is 0. The average molecular weight is 295 g/mol. The smallest absolute Gasteiger partial charge is 0.355 e. The first kappa shape index (κ1) is 17.2. The summed E-state index contributed by atoms with van der Waals surface area (Å²) in [5.41, 5.74) is 0. The number of alkyl halides is 3. The van der Waals surface area contributed by atoms with Crippen LogP contribution in [0.2, 0.25) is 0 Å². The van der Waals surface area contributed by atoms with Crippen molar-refractivity contribution in [2.75, 3.05) is 39.3 Å².